The molecule has 1 aromatic carbocycles. The van der Waals surface area contributed by atoms with Gasteiger partial charge in [-0.2, -0.15) is 4.99 Å². The fourth-order valence-electron chi connectivity index (χ4n) is 4.08. The summed E-state index contributed by atoms with van der Waals surface area (Å²) in [5.74, 6) is 0.454. The van der Waals surface area contributed by atoms with Crippen molar-refractivity contribution in [1.82, 2.24) is 9.47 Å². The lowest BCUT2D eigenvalue weighted by molar-refractivity contribution is -0.143. The maximum atomic E-state index is 12.6. The number of benzene rings is 1. The highest BCUT2D eigenvalue weighted by atomic mass is 32.2. The van der Waals surface area contributed by atoms with Gasteiger partial charge in [-0.15, -0.1) is 11.8 Å². The van der Waals surface area contributed by atoms with E-state index in [1.165, 1.54) is 29.5 Å². The highest BCUT2D eigenvalue weighted by Crippen LogP contribution is 2.24. The number of piperidine rings is 1. The minimum atomic E-state index is -0.392. The number of ether oxygens (including phenoxy) is 2. The lowest BCUT2D eigenvalue weighted by atomic mass is 10.0. The summed E-state index contributed by atoms with van der Waals surface area (Å²) in [6.45, 7) is 7.36. The van der Waals surface area contributed by atoms with Gasteiger partial charge in [-0.1, -0.05) is 18.3 Å². The van der Waals surface area contributed by atoms with Gasteiger partial charge in [-0.05, 0) is 57.7 Å². The molecule has 0 N–H and O–H groups in total. The van der Waals surface area contributed by atoms with Crippen LogP contribution < -0.4 is 9.54 Å². The Hall–Kier alpha value is -2.33. The number of carbonyl (C=O) groups excluding carboxylic acids is 3. The largest absolute Gasteiger partial charge is 0.494 e. The molecule has 0 spiro atoms. The van der Waals surface area contributed by atoms with E-state index in [1.807, 2.05) is 30.0 Å². The van der Waals surface area contributed by atoms with Gasteiger partial charge in [0.15, 0.2) is 4.80 Å². The molecular weight excluding hydrogens is 474 g/mol. The van der Waals surface area contributed by atoms with Crippen LogP contribution in [0.4, 0.5) is 0 Å². The lowest BCUT2D eigenvalue weighted by Gasteiger charge is -2.35. The van der Waals surface area contributed by atoms with Crippen LogP contribution in [0.1, 0.15) is 46.5 Å². The molecule has 3 rings (SSSR count). The Kier molecular flexibility index (Phi) is 10.0. The van der Waals surface area contributed by atoms with Crippen LogP contribution in [0.3, 0.4) is 0 Å². The van der Waals surface area contributed by atoms with E-state index in [0.717, 1.165) is 41.8 Å². The molecule has 1 aliphatic heterocycles. The molecule has 1 unspecified atom stereocenters. The zero-order valence-corrected chi connectivity index (χ0v) is 21.7. The van der Waals surface area contributed by atoms with Crippen LogP contribution >= 0.6 is 23.1 Å². The van der Waals surface area contributed by atoms with E-state index in [4.69, 9.17) is 9.47 Å². The molecule has 1 saturated heterocycles. The van der Waals surface area contributed by atoms with Gasteiger partial charge in [-0.25, -0.2) is 0 Å². The van der Waals surface area contributed by atoms with Gasteiger partial charge in [0.25, 0.3) is 5.91 Å². The van der Waals surface area contributed by atoms with Crippen molar-refractivity contribution in [2.75, 3.05) is 31.3 Å². The molecule has 1 atom stereocenters. The quantitative estimate of drug-likeness (QED) is 0.457. The number of nitrogens with zero attached hydrogens (tertiary/aromatic N) is 3. The first-order chi connectivity index (χ1) is 16.5. The second kappa shape index (κ2) is 12.9. The Morgan fingerprint density at radius 2 is 1.97 bits per heavy atom. The van der Waals surface area contributed by atoms with E-state index < -0.39 is 5.97 Å². The van der Waals surface area contributed by atoms with E-state index in [2.05, 4.69) is 11.9 Å². The molecule has 1 fully saturated rings. The predicted molar refractivity (Wildman–Crippen MR) is 135 cm³/mol. The number of aromatic nitrogens is 1. The number of thiazole rings is 1. The normalized spacial score (nSPS) is 16.6. The number of hydrogen-bond acceptors (Lipinski definition) is 7. The molecule has 0 bridgehead atoms. The van der Waals surface area contributed by atoms with Gasteiger partial charge < -0.3 is 18.9 Å². The molecule has 0 aliphatic carbocycles. The molecule has 186 valence electrons. The number of esters is 1. The van der Waals surface area contributed by atoms with Gasteiger partial charge in [0.05, 0.1) is 34.9 Å². The Morgan fingerprint density at radius 1 is 1.15 bits per heavy atom. The van der Waals surface area contributed by atoms with Crippen LogP contribution in [0.2, 0.25) is 0 Å². The number of hydrogen-bond donors (Lipinski definition) is 0. The minimum Gasteiger partial charge on any atom is -0.494 e. The number of rotatable bonds is 10. The fourth-order valence-corrected chi connectivity index (χ4v) is 5.84. The van der Waals surface area contributed by atoms with Gasteiger partial charge in [0.2, 0.25) is 5.91 Å². The van der Waals surface area contributed by atoms with Crippen molar-refractivity contribution in [3.63, 3.8) is 0 Å². The lowest BCUT2D eigenvalue weighted by Crippen LogP contribution is -2.44. The van der Waals surface area contributed by atoms with Gasteiger partial charge in [-0.3, -0.25) is 14.4 Å². The molecule has 2 amide bonds. The third kappa shape index (κ3) is 6.85. The van der Waals surface area contributed by atoms with Gasteiger partial charge in [0, 0.05) is 12.6 Å². The molecular formula is C24H33N3O5S2. The molecule has 1 aliphatic rings. The third-order valence-electron chi connectivity index (χ3n) is 5.65. The summed E-state index contributed by atoms with van der Waals surface area (Å²) >= 11 is 2.61. The summed E-state index contributed by atoms with van der Waals surface area (Å²) in [6, 6.07) is 5.88. The highest BCUT2D eigenvalue weighted by Gasteiger charge is 2.25. The fraction of sp³-hybridized carbons (Fsp3) is 0.583. The maximum Gasteiger partial charge on any atom is 0.326 e. The smallest absolute Gasteiger partial charge is 0.326 e. The topological polar surface area (TPSA) is 90.2 Å². The van der Waals surface area contributed by atoms with E-state index >= 15 is 0 Å². The van der Waals surface area contributed by atoms with Crippen molar-refractivity contribution in [3.05, 3.63) is 23.0 Å². The third-order valence-corrected chi connectivity index (χ3v) is 7.59. The van der Waals surface area contributed by atoms with Gasteiger partial charge in [0.1, 0.15) is 12.3 Å². The second-order valence-electron chi connectivity index (χ2n) is 7.98. The first-order valence-corrected chi connectivity index (χ1v) is 13.8. The number of fused-ring (bicyclic) bond motifs is 1. The van der Waals surface area contributed by atoms with Crippen LogP contribution in [-0.2, 0) is 25.7 Å². The molecule has 0 saturated carbocycles. The number of likely N-dealkylation sites (tertiary alicyclic amines) is 1. The molecule has 2 heterocycles. The summed E-state index contributed by atoms with van der Waals surface area (Å²) in [5, 5.41) is 0. The standard InChI is InChI=1S/C24H33N3O5S2/c1-4-17-9-7-8-12-26(17)22(29)16-33-15-21(28)25-24-27(14-23(30)32-6-3)19-11-10-18(31-5-2)13-20(19)34-24/h10-11,13,17H,4-9,12,14-16H2,1-3H3. The average Bonchev–Trinajstić information content (AvgIpc) is 3.15. The number of carbonyl (C=O) groups is 3. The van der Waals surface area contributed by atoms with Crippen LogP contribution in [0.5, 0.6) is 5.75 Å². The maximum absolute atomic E-state index is 12.6. The van der Waals surface area contributed by atoms with Crippen molar-refractivity contribution in [2.24, 2.45) is 4.99 Å². The SMILES string of the molecule is CCOC(=O)Cn1c(=NC(=O)CSCC(=O)N2CCCCC2CC)sc2cc(OCC)ccc21. The van der Waals surface area contributed by atoms with Crippen molar-refractivity contribution < 1.29 is 23.9 Å². The van der Waals surface area contributed by atoms with E-state index in [0.29, 0.717) is 17.5 Å². The van der Waals surface area contributed by atoms with Crippen LogP contribution in [0.25, 0.3) is 10.2 Å². The summed E-state index contributed by atoms with van der Waals surface area (Å²) < 4.78 is 13.2. The van der Waals surface area contributed by atoms with E-state index in [9.17, 15) is 14.4 Å². The first kappa shape index (κ1) is 26.3. The average molecular weight is 508 g/mol. The molecule has 34 heavy (non-hydrogen) atoms. The van der Waals surface area contributed by atoms with Crippen molar-refractivity contribution in [1.29, 1.82) is 0 Å². The Labute approximate surface area is 208 Å². The van der Waals surface area contributed by atoms with Crippen molar-refractivity contribution in [3.8, 4) is 5.75 Å². The Balaban J connectivity index is 1.73. The predicted octanol–water partition coefficient (Wildman–Crippen LogP) is 3.62. The second-order valence-corrected chi connectivity index (χ2v) is 9.98. The summed E-state index contributed by atoms with van der Waals surface area (Å²) in [7, 11) is 0. The molecule has 8 nitrogen and oxygen atoms in total. The molecule has 10 heteroatoms. The van der Waals surface area contributed by atoms with E-state index in [-0.39, 0.29) is 36.5 Å². The van der Waals surface area contributed by atoms with Gasteiger partial charge >= 0.3 is 5.97 Å². The highest BCUT2D eigenvalue weighted by molar-refractivity contribution is 8.00. The summed E-state index contributed by atoms with van der Waals surface area (Å²) in [6.07, 6.45) is 4.22. The van der Waals surface area contributed by atoms with Crippen LogP contribution in [0, 0.1) is 0 Å². The zero-order chi connectivity index (χ0) is 24.5. The van der Waals surface area contributed by atoms with Crippen LogP contribution in [-0.4, -0.2) is 64.6 Å². The van der Waals surface area contributed by atoms with Crippen molar-refractivity contribution in [2.45, 2.75) is 59.0 Å². The minimum absolute atomic E-state index is 0.0348. The van der Waals surface area contributed by atoms with Crippen LogP contribution in [0.15, 0.2) is 23.2 Å². The zero-order valence-electron chi connectivity index (χ0n) is 20.1. The molecule has 0 radical (unpaired) electrons. The Bertz CT molecular complexity index is 1080. The summed E-state index contributed by atoms with van der Waals surface area (Å²) in [5.41, 5.74) is 0.784. The van der Waals surface area contributed by atoms with Crippen molar-refractivity contribution >= 4 is 51.1 Å². The summed E-state index contributed by atoms with van der Waals surface area (Å²) in [4.78, 5) is 44.1. The molecule has 1 aromatic heterocycles. The first-order valence-electron chi connectivity index (χ1n) is 11.8. The number of thioether (sulfide) groups is 1. The number of amides is 2. The monoisotopic (exact) mass is 507 g/mol. The van der Waals surface area contributed by atoms with E-state index in [1.54, 1.807) is 11.5 Å². The Morgan fingerprint density at radius 3 is 2.71 bits per heavy atom. The molecule has 2 aromatic rings.